The summed E-state index contributed by atoms with van der Waals surface area (Å²) in [6.45, 7) is 0.641. The van der Waals surface area contributed by atoms with Crippen LogP contribution in [-0.2, 0) is 5.60 Å². The minimum Gasteiger partial charge on any atom is -0.379 e. The number of hydrogen-bond acceptors (Lipinski definition) is 5. The number of nitro benzene ring substituents is 1. The summed E-state index contributed by atoms with van der Waals surface area (Å²) in [5.74, 6) is 0. The molecule has 0 aromatic heterocycles. The van der Waals surface area contributed by atoms with Crippen LogP contribution in [0.5, 0.6) is 0 Å². The molecule has 0 fully saturated rings. The molecule has 0 bridgehead atoms. The van der Waals surface area contributed by atoms with E-state index in [9.17, 15) is 25.3 Å². The Bertz CT molecular complexity index is 412. The molecule has 7 heteroatoms. The molecule has 0 saturated heterocycles. The van der Waals surface area contributed by atoms with Crippen molar-refractivity contribution in [3.63, 3.8) is 0 Å². The molecule has 0 radical (unpaired) electrons. The van der Waals surface area contributed by atoms with Crippen LogP contribution in [0.15, 0.2) is 24.3 Å². The summed E-state index contributed by atoms with van der Waals surface area (Å²) in [6.07, 6.45) is 0. The van der Waals surface area contributed by atoms with Crippen molar-refractivity contribution in [3.8, 4) is 0 Å². The van der Waals surface area contributed by atoms with Crippen molar-refractivity contribution >= 4 is 5.69 Å². The number of nitrogens with zero attached hydrogens (tertiary/aromatic N) is 2. The van der Waals surface area contributed by atoms with Gasteiger partial charge in [0, 0.05) is 17.1 Å². The Morgan fingerprint density at radius 3 is 2.12 bits per heavy atom. The first-order chi connectivity index (χ1) is 7.33. The van der Waals surface area contributed by atoms with Gasteiger partial charge >= 0.3 is 0 Å². The molecule has 1 N–H and O–H groups in total. The molecule has 1 rings (SSSR count). The molecule has 7 nitrogen and oxygen atoms in total. The number of rotatable bonds is 4. The summed E-state index contributed by atoms with van der Waals surface area (Å²) in [5, 5.41) is 30.4. The highest BCUT2D eigenvalue weighted by Crippen LogP contribution is 2.23. The monoisotopic (exact) mass is 226 g/mol. The van der Waals surface area contributed by atoms with E-state index in [4.69, 9.17) is 0 Å². The van der Waals surface area contributed by atoms with E-state index >= 15 is 0 Å². The molecular formula is C9H10N2O5. The molecule has 0 spiro atoms. The third-order valence-corrected chi connectivity index (χ3v) is 2.14. The van der Waals surface area contributed by atoms with Gasteiger partial charge in [-0.2, -0.15) is 0 Å². The molecule has 86 valence electrons. The topological polar surface area (TPSA) is 107 Å². The van der Waals surface area contributed by atoms with E-state index in [2.05, 4.69) is 0 Å². The first-order valence-electron chi connectivity index (χ1n) is 4.42. The predicted molar refractivity (Wildman–Crippen MR) is 54.5 cm³/mol. The summed E-state index contributed by atoms with van der Waals surface area (Å²) in [6, 6.07) is 5.01. The van der Waals surface area contributed by atoms with Crippen molar-refractivity contribution in [1.82, 2.24) is 0 Å². The SMILES string of the molecule is C[C@](O)(C[N+](=O)[O-])c1ccc([N+](=O)[O-])cc1. The molecular weight excluding hydrogens is 216 g/mol. The van der Waals surface area contributed by atoms with Crippen molar-refractivity contribution in [2.75, 3.05) is 6.54 Å². The Morgan fingerprint density at radius 1 is 1.25 bits per heavy atom. The number of hydrogen-bond donors (Lipinski definition) is 1. The van der Waals surface area contributed by atoms with Crippen molar-refractivity contribution in [2.24, 2.45) is 0 Å². The molecule has 1 atom stereocenters. The van der Waals surface area contributed by atoms with Crippen LogP contribution in [0.3, 0.4) is 0 Å². The largest absolute Gasteiger partial charge is 0.379 e. The van der Waals surface area contributed by atoms with Gasteiger partial charge in [-0.05, 0) is 24.6 Å². The fourth-order valence-corrected chi connectivity index (χ4v) is 1.28. The summed E-state index contributed by atoms with van der Waals surface area (Å²) in [7, 11) is 0. The van der Waals surface area contributed by atoms with Gasteiger partial charge in [-0.15, -0.1) is 0 Å². The lowest BCUT2D eigenvalue weighted by atomic mass is 9.96. The number of nitro groups is 2. The fraction of sp³-hybridized carbons (Fsp3) is 0.333. The second kappa shape index (κ2) is 4.23. The summed E-state index contributed by atoms with van der Waals surface area (Å²) in [4.78, 5) is 19.5. The molecule has 0 saturated carbocycles. The highest BCUT2D eigenvalue weighted by atomic mass is 16.6. The Labute approximate surface area is 90.6 Å². The molecule has 16 heavy (non-hydrogen) atoms. The Hall–Kier alpha value is -2.02. The number of aliphatic hydroxyl groups is 1. The molecule has 0 heterocycles. The first-order valence-corrected chi connectivity index (χ1v) is 4.42. The maximum atomic E-state index is 10.4. The zero-order valence-corrected chi connectivity index (χ0v) is 8.49. The maximum Gasteiger partial charge on any atom is 0.269 e. The number of non-ortho nitro benzene ring substituents is 1. The van der Waals surface area contributed by atoms with Gasteiger partial charge in [-0.3, -0.25) is 20.2 Å². The Kier molecular flexibility index (Phi) is 3.19. The summed E-state index contributed by atoms with van der Waals surface area (Å²) < 4.78 is 0. The van der Waals surface area contributed by atoms with Crippen LogP contribution in [0.25, 0.3) is 0 Å². The van der Waals surface area contributed by atoms with Crippen LogP contribution in [0.1, 0.15) is 12.5 Å². The molecule has 0 amide bonds. The van der Waals surface area contributed by atoms with Crippen LogP contribution in [0, 0.1) is 20.2 Å². The van der Waals surface area contributed by atoms with E-state index in [1.165, 1.54) is 31.2 Å². The first kappa shape index (κ1) is 12.1. The highest BCUT2D eigenvalue weighted by Gasteiger charge is 2.29. The van der Waals surface area contributed by atoms with Crippen LogP contribution >= 0.6 is 0 Å². The minimum atomic E-state index is -1.63. The summed E-state index contributed by atoms with van der Waals surface area (Å²) in [5.41, 5.74) is -1.48. The van der Waals surface area contributed by atoms with Gasteiger partial charge in [0.15, 0.2) is 5.60 Å². The van der Waals surface area contributed by atoms with Gasteiger partial charge in [0.1, 0.15) is 0 Å². The van der Waals surface area contributed by atoms with Crippen LogP contribution < -0.4 is 0 Å². The molecule has 0 aliphatic heterocycles. The van der Waals surface area contributed by atoms with E-state index in [0.29, 0.717) is 0 Å². The van der Waals surface area contributed by atoms with Gasteiger partial charge in [-0.25, -0.2) is 0 Å². The Balaban J connectivity index is 2.96. The molecule has 0 aliphatic carbocycles. The van der Waals surface area contributed by atoms with E-state index < -0.39 is 22.0 Å². The zero-order chi connectivity index (χ0) is 12.3. The van der Waals surface area contributed by atoms with Crippen LogP contribution in [0.2, 0.25) is 0 Å². The quantitative estimate of drug-likeness (QED) is 0.610. The lowest BCUT2D eigenvalue weighted by Gasteiger charge is -2.18. The average Bonchev–Trinajstić information content (AvgIpc) is 2.16. The van der Waals surface area contributed by atoms with E-state index in [1.807, 2.05) is 0 Å². The number of benzene rings is 1. The normalized spacial score (nSPS) is 14.1. The predicted octanol–water partition coefficient (Wildman–Crippen LogP) is 1.08. The van der Waals surface area contributed by atoms with E-state index in [0.717, 1.165) is 0 Å². The molecule has 0 unspecified atom stereocenters. The van der Waals surface area contributed by atoms with Gasteiger partial charge in [0.05, 0.1) is 4.92 Å². The molecule has 1 aromatic carbocycles. The smallest absolute Gasteiger partial charge is 0.269 e. The van der Waals surface area contributed by atoms with Crippen molar-refractivity contribution in [2.45, 2.75) is 12.5 Å². The lowest BCUT2D eigenvalue weighted by Crippen LogP contribution is -2.30. The van der Waals surface area contributed by atoms with Crippen LogP contribution in [0.4, 0.5) is 5.69 Å². The van der Waals surface area contributed by atoms with Crippen LogP contribution in [-0.4, -0.2) is 21.5 Å². The van der Waals surface area contributed by atoms with E-state index in [-0.39, 0.29) is 11.3 Å². The Morgan fingerprint density at radius 2 is 1.75 bits per heavy atom. The highest BCUT2D eigenvalue weighted by molar-refractivity contribution is 5.35. The average molecular weight is 226 g/mol. The molecule has 0 aliphatic rings. The van der Waals surface area contributed by atoms with Crippen molar-refractivity contribution in [3.05, 3.63) is 50.1 Å². The molecule has 1 aromatic rings. The van der Waals surface area contributed by atoms with Crippen molar-refractivity contribution < 1.29 is 15.0 Å². The fourth-order valence-electron chi connectivity index (χ4n) is 1.28. The van der Waals surface area contributed by atoms with E-state index in [1.54, 1.807) is 0 Å². The third kappa shape index (κ3) is 2.74. The second-order valence-corrected chi connectivity index (χ2v) is 3.57. The van der Waals surface area contributed by atoms with Gasteiger partial charge in [0.2, 0.25) is 6.54 Å². The maximum absolute atomic E-state index is 10.4. The van der Waals surface area contributed by atoms with Crippen molar-refractivity contribution in [1.29, 1.82) is 0 Å². The third-order valence-electron chi connectivity index (χ3n) is 2.14. The zero-order valence-electron chi connectivity index (χ0n) is 8.49. The minimum absolute atomic E-state index is 0.124. The standard InChI is InChI=1S/C9H10N2O5/c1-9(12,6-10(13)14)7-2-4-8(5-3-7)11(15)16/h2-5,12H,6H2,1H3/t9-/m0/s1. The summed E-state index contributed by atoms with van der Waals surface area (Å²) >= 11 is 0. The van der Waals surface area contributed by atoms with Gasteiger partial charge in [0.25, 0.3) is 5.69 Å². The van der Waals surface area contributed by atoms with Gasteiger partial charge in [-0.1, -0.05) is 0 Å². The lowest BCUT2D eigenvalue weighted by molar-refractivity contribution is -0.501. The van der Waals surface area contributed by atoms with Gasteiger partial charge < -0.3 is 5.11 Å². The second-order valence-electron chi connectivity index (χ2n) is 3.57.